The van der Waals surface area contributed by atoms with Gasteiger partial charge in [-0.15, -0.1) is 0 Å². The number of oxazole rings is 1. The molecule has 0 aliphatic rings. The molecule has 0 amide bonds. The van der Waals surface area contributed by atoms with E-state index in [9.17, 15) is 19.8 Å². The molecule has 1 heterocycles. The number of nitrogens with zero attached hydrogens (tertiary/aromatic N) is 1. The first-order valence-electron chi connectivity index (χ1n) is 27.4. The zero-order valence-corrected chi connectivity index (χ0v) is 43.1. The van der Waals surface area contributed by atoms with Crippen LogP contribution in [0, 0.1) is 0 Å². The fourth-order valence-electron chi connectivity index (χ4n) is 9.46. The quantitative estimate of drug-likeness (QED) is 0.0246. The second-order valence-electron chi connectivity index (χ2n) is 19.0. The Balaban J connectivity index is 1.62. The molecule has 0 radical (unpaired) electrons. The van der Waals surface area contributed by atoms with Gasteiger partial charge in [0.25, 0.3) is 0 Å². The highest BCUT2D eigenvalue weighted by Gasteiger charge is 2.42. The van der Waals surface area contributed by atoms with Crippen LogP contribution in [-0.4, -0.2) is 66.7 Å². The normalized spacial score (nSPS) is 13.4. The minimum atomic E-state index is -0.928. The van der Waals surface area contributed by atoms with E-state index < -0.39 is 10.8 Å². The van der Waals surface area contributed by atoms with Gasteiger partial charge < -0.3 is 34.7 Å². The lowest BCUT2D eigenvalue weighted by Crippen LogP contribution is -2.40. The molecule has 2 atom stereocenters. The summed E-state index contributed by atoms with van der Waals surface area (Å²) in [6.07, 6.45) is 41.3. The number of ether oxygens (including phenoxy) is 2. The lowest BCUT2D eigenvalue weighted by molar-refractivity contribution is -0.153. The third kappa shape index (κ3) is 23.4. The number of aliphatic hydroxyl groups is 2. The third-order valence-electron chi connectivity index (χ3n) is 13.6. The lowest BCUT2D eigenvalue weighted by Gasteiger charge is -2.33. The highest BCUT2D eigenvalue weighted by molar-refractivity contribution is 5.84. The van der Waals surface area contributed by atoms with Crippen molar-refractivity contribution in [3.05, 3.63) is 102 Å². The number of aromatic nitrogens is 1. The molecule has 3 rings (SSSR count). The summed E-state index contributed by atoms with van der Waals surface area (Å²) >= 11 is 0. The number of anilines is 2. The van der Waals surface area contributed by atoms with Crippen LogP contribution in [0.2, 0.25) is 0 Å². The maximum atomic E-state index is 14.1. The van der Waals surface area contributed by atoms with E-state index in [0.29, 0.717) is 50.5 Å². The second kappa shape index (κ2) is 38.4. The van der Waals surface area contributed by atoms with E-state index in [1.807, 2.05) is 60.7 Å². The number of rotatable bonds is 44. The molecular weight excluding hydrogens is 863 g/mol. The molecule has 2 aromatic carbocycles. The van der Waals surface area contributed by atoms with Gasteiger partial charge in [0.15, 0.2) is 12.2 Å². The van der Waals surface area contributed by atoms with Crippen LogP contribution in [-0.2, 0) is 29.9 Å². The smallest absolute Gasteiger partial charge is 0.316 e. The fourth-order valence-corrected chi connectivity index (χ4v) is 9.46. The summed E-state index contributed by atoms with van der Waals surface area (Å²) in [5, 5.41) is 26.1. The average Bonchev–Trinajstić information content (AvgIpc) is 3.83. The van der Waals surface area contributed by atoms with Crippen LogP contribution >= 0.6 is 0 Å². The molecular formula is C59H93N3O7. The molecule has 0 saturated carbocycles. The van der Waals surface area contributed by atoms with E-state index >= 15 is 0 Å². The highest BCUT2D eigenvalue weighted by atomic mass is 16.5. The van der Waals surface area contributed by atoms with Gasteiger partial charge in [0.2, 0.25) is 5.88 Å². The Kier molecular flexibility index (Phi) is 32.7. The molecule has 2 unspecified atom stereocenters. The van der Waals surface area contributed by atoms with Crippen molar-refractivity contribution in [2.75, 3.05) is 50.2 Å². The number of allylic oxidation sites excluding steroid dienone is 4. The minimum Gasteiger partial charge on any atom is -0.463 e. The maximum absolute atomic E-state index is 14.1. The van der Waals surface area contributed by atoms with Crippen molar-refractivity contribution in [3.63, 3.8) is 0 Å². The van der Waals surface area contributed by atoms with E-state index in [0.717, 1.165) is 88.2 Å². The summed E-state index contributed by atoms with van der Waals surface area (Å²) in [6.45, 7) is 4.72. The lowest BCUT2D eigenvalue weighted by atomic mass is 9.73. The topological polar surface area (TPSA) is 143 Å². The second-order valence-corrected chi connectivity index (χ2v) is 19.0. The largest absolute Gasteiger partial charge is 0.463 e. The number of carbonyl (C=O) groups is 2. The van der Waals surface area contributed by atoms with Crippen LogP contribution in [0.5, 0.6) is 0 Å². The van der Waals surface area contributed by atoms with E-state index in [1.54, 1.807) is 0 Å². The number of unbranched alkanes of at least 4 members (excludes halogenated alkanes) is 20. The van der Waals surface area contributed by atoms with Crippen molar-refractivity contribution in [3.8, 4) is 0 Å². The molecule has 10 heteroatoms. The molecule has 0 aliphatic heterocycles. The van der Waals surface area contributed by atoms with Gasteiger partial charge >= 0.3 is 11.9 Å². The number of carbonyl (C=O) groups excluding carboxylic acids is 2. The molecule has 10 nitrogen and oxygen atoms in total. The van der Waals surface area contributed by atoms with Crippen LogP contribution in [0.4, 0.5) is 11.7 Å². The number of nitrogens with one attached hydrogen (secondary N) is 2. The van der Waals surface area contributed by atoms with Gasteiger partial charge in [0.05, 0.1) is 24.0 Å². The van der Waals surface area contributed by atoms with Gasteiger partial charge in [0.1, 0.15) is 13.2 Å². The Morgan fingerprint density at radius 2 is 0.899 bits per heavy atom. The van der Waals surface area contributed by atoms with E-state index in [1.165, 1.54) is 83.4 Å². The third-order valence-corrected chi connectivity index (χ3v) is 13.6. The van der Waals surface area contributed by atoms with Gasteiger partial charge in [-0.2, -0.15) is 4.98 Å². The molecule has 4 N–H and O–H groups in total. The monoisotopic (exact) mass is 956 g/mol. The molecule has 386 valence electrons. The van der Waals surface area contributed by atoms with Crippen molar-refractivity contribution >= 4 is 23.6 Å². The fraction of sp³-hybridized carbons (Fsp3) is 0.644. The molecule has 0 fully saturated rings. The summed E-state index contributed by atoms with van der Waals surface area (Å²) < 4.78 is 17.3. The van der Waals surface area contributed by atoms with Gasteiger partial charge in [-0.05, 0) is 88.2 Å². The maximum Gasteiger partial charge on any atom is 0.316 e. The van der Waals surface area contributed by atoms with Crippen LogP contribution in [0.3, 0.4) is 0 Å². The van der Waals surface area contributed by atoms with E-state index in [4.69, 9.17) is 13.9 Å². The molecule has 3 aromatic rings. The van der Waals surface area contributed by atoms with Crippen LogP contribution in [0.25, 0.3) is 0 Å². The number of benzene rings is 2. The van der Waals surface area contributed by atoms with Crippen molar-refractivity contribution in [1.82, 2.24) is 4.98 Å². The number of hydrogen-bond donors (Lipinski definition) is 4. The Hall–Kier alpha value is -4.41. The van der Waals surface area contributed by atoms with Gasteiger partial charge in [0, 0.05) is 13.1 Å². The van der Waals surface area contributed by atoms with Gasteiger partial charge in [-0.25, -0.2) is 0 Å². The van der Waals surface area contributed by atoms with Crippen molar-refractivity contribution in [2.45, 2.75) is 204 Å². The Labute approximate surface area is 417 Å². The molecule has 0 spiro atoms. The molecule has 0 aliphatic carbocycles. The number of aliphatic hydroxyl groups excluding tert-OH is 2. The molecule has 0 saturated heterocycles. The first kappa shape index (κ1) is 58.9. The first-order valence-corrected chi connectivity index (χ1v) is 27.4. The van der Waals surface area contributed by atoms with Gasteiger partial charge in [-0.1, -0.05) is 202 Å². The van der Waals surface area contributed by atoms with Crippen LogP contribution in [0.1, 0.15) is 205 Å². The Morgan fingerprint density at radius 1 is 0.522 bits per heavy atom. The van der Waals surface area contributed by atoms with Crippen molar-refractivity contribution < 1.29 is 33.7 Å². The summed E-state index contributed by atoms with van der Waals surface area (Å²) in [5.41, 5.74) is -0.0649. The SMILES string of the molecule is CCCCCCCCC=CCCCCCCC(CCNc1ncoc1NCCC(CCCCCCC=CCCCCCCCC)(C(=O)OCCO)c1ccccc1)(C(=O)OCCO)c1ccccc1. The van der Waals surface area contributed by atoms with Crippen LogP contribution in [0.15, 0.2) is 95.8 Å². The van der Waals surface area contributed by atoms with Crippen molar-refractivity contribution in [2.24, 2.45) is 0 Å². The summed E-state index contributed by atoms with van der Waals surface area (Å²) in [4.78, 5) is 32.6. The standard InChI is InChI=1S/C59H93N3O7/c1-3-5-7-9-11-13-15-17-19-21-23-25-27-35-41-58(56(65)67-49-47-63,52-37-31-29-32-38-52)43-45-60-54-55(69-51-62-54)61-46-44-59(57(66)68-50-48-64,53-39-33-30-34-40-53)42-36-28-26-24-22-20-18-16-14-12-10-8-6-4-2/h17-20,29-34,37-40,51,60-61,63-64H,3-16,21-28,35-36,41-50H2,1-2H3. The molecule has 69 heavy (non-hydrogen) atoms. The predicted molar refractivity (Wildman–Crippen MR) is 285 cm³/mol. The van der Waals surface area contributed by atoms with E-state index in [2.05, 4.69) is 53.8 Å². The number of esters is 2. The summed E-state index contributed by atoms with van der Waals surface area (Å²) in [6, 6.07) is 19.7. The van der Waals surface area contributed by atoms with E-state index in [-0.39, 0.29) is 38.4 Å². The average molecular weight is 956 g/mol. The predicted octanol–water partition coefficient (Wildman–Crippen LogP) is 14.5. The Bertz CT molecular complexity index is 1640. The minimum absolute atomic E-state index is 0.0573. The number of hydrogen-bond acceptors (Lipinski definition) is 10. The summed E-state index contributed by atoms with van der Waals surface area (Å²) in [5.74, 6) is 0.291. The van der Waals surface area contributed by atoms with Crippen LogP contribution < -0.4 is 10.6 Å². The van der Waals surface area contributed by atoms with Gasteiger partial charge in [-0.3, -0.25) is 9.59 Å². The molecule has 0 bridgehead atoms. The first-order chi connectivity index (χ1) is 34.0. The zero-order valence-electron chi connectivity index (χ0n) is 43.1. The summed E-state index contributed by atoms with van der Waals surface area (Å²) in [7, 11) is 0. The Morgan fingerprint density at radius 3 is 1.30 bits per heavy atom. The highest BCUT2D eigenvalue weighted by Crippen LogP contribution is 2.38. The zero-order chi connectivity index (χ0) is 49.4. The molecule has 1 aromatic heterocycles. The van der Waals surface area contributed by atoms with Crippen molar-refractivity contribution in [1.29, 1.82) is 0 Å².